The molecule has 5 heteroatoms. The summed E-state index contributed by atoms with van der Waals surface area (Å²) in [4.78, 5) is 8.42. The Kier molecular flexibility index (Phi) is 2.84. The first kappa shape index (κ1) is 9.68. The minimum atomic E-state index is 0.329. The van der Waals surface area contributed by atoms with E-state index in [0.29, 0.717) is 5.28 Å². The number of fused-ring (bicyclic) bond motifs is 1. The molecule has 1 aromatic heterocycles. The van der Waals surface area contributed by atoms with E-state index < -0.39 is 0 Å². The van der Waals surface area contributed by atoms with Crippen LogP contribution in [0.1, 0.15) is 11.3 Å². The molecule has 0 aliphatic carbocycles. The van der Waals surface area contributed by atoms with Crippen LogP contribution in [0.2, 0.25) is 5.28 Å². The third-order valence-corrected chi connectivity index (χ3v) is 2.56. The standard InChI is InChI=1S/C9H13ClN4/c1-11-8-6-2-4-12-5-3-7(6)13-9(10)14-8/h12H,2-5H2,1H3,(H,11,13,14). The fraction of sp³-hybridized carbons (Fsp3) is 0.556. The molecule has 0 aromatic carbocycles. The zero-order chi connectivity index (χ0) is 9.97. The van der Waals surface area contributed by atoms with Gasteiger partial charge in [-0.1, -0.05) is 0 Å². The SMILES string of the molecule is CNc1nc(Cl)nc2c1CCNCC2. The molecule has 0 radical (unpaired) electrons. The highest BCUT2D eigenvalue weighted by Gasteiger charge is 2.14. The predicted octanol–water partition coefficient (Wildman–Crippen LogP) is 0.860. The van der Waals surface area contributed by atoms with Crippen LogP contribution in [0.5, 0.6) is 0 Å². The molecular formula is C9H13ClN4. The molecule has 0 atom stereocenters. The van der Waals surface area contributed by atoms with Crippen LogP contribution in [0, 0.1) is 0 Å². The lowest BCUT2D eigenvalue weighted by Crippen LogP contribution is -2.16. The molecule has 0 bridgehead atoms. The van der Waals surface area contributed by atoms with Gasteiger partial charge in [-0.2, -0.15) is 0 Å². The molecule has 14 heavy (non-hydrogen) atoms. The Bertz CT molecular complexity index is 340. The molecule has 4 nitrogen and oxygen atoms in total. The van der Waals surface area contributed by atoms with Crippen molar-refractivity contribution >= 4 is 17.4 Å². The van der Waals surface area contributed by atoms with E-state index in [1.807, 2.05) is 7.05 Å². The second-order valence-corrected chi connectivity index (χ2v) is 3.60. The van der Waals surface area contributed by atoms with E-state index in [-0.39, 0.29) is 0 Å². The lowest BCUT2D eigenvalue weighted by Gasteiger charge is -2.09. The Balaban J connectivity index is 2.46. The van der Waals surface area contributed by atoms with Crippen LogP contribution in [0.4, 0.5) is 5.82 Å². The Morgan fingerprint density at radius 3 is 2.86 bits per heavy atom. The molecule has 2 rings (SSSR count). The number of hydrogen-bond donors (Lipinski definition) is 2. The van der Waals surface area contributed by atoms with Crippen molar-refractivity contribution in [1.82, 2.24) is 15.3 Å². The first-order valence-electron chi connectivity index (χ1n) is 4.75. The normalized spacial score (nSPS) is 15.9. The molecule has 0 amide bonds. The largest absolute Gasteiger partial charge is 0.373 e. The topological polar surface area (TPSA) is 49.8 Å². The molecule has 0 saturated carbocycles. The Hall–Kier alpha value is -0.870. The molecule has 76 valence electrons. The van der Waals surface area contributed by atoms with Gasteiger partial charge in [-0.15, -0.1) is 0 Å². The molecule has 1 aliphatic rings. The first-order valence-corrected chi connectivity index (χ1v) is 5.13. The zero-order valence-electron chi connectivity index (χ0n) is 8.10. The van der Waals surface area contributed by atoms with E-state index in [2.05, 4.69) is 20.6 Å². The van der Waals surface area contributed by atoms with Gasteiger partial charge >= 0.3 is 0 Å². The molecule has 2 N–H and O–H groups in total. The summed E-state index contributed by atoms with van der Waals surface area (Å²) in [6.07, 6.45) is 1.88. The van der Waals surface area contributed by atoms with Gasteiger partial charge in [-0.3, -0.25) is 0 Å². The minimum Gasteiger partial charge on any atom is -0.373 e. The number of aromatic nitrogens is 2. The number of nitrogens with one attached hydrogen (secondary N) is 2. The highest BCUT2D eigenvalue weighted by molar-refractivity contribution is 6.28. The van der Waals surface area contributed by atoms with Crippen LogP contribution in [0.25, 0.3) is 0 Å². The quantitative estimate of drug-likeness (QED) is 0.678. The second kappa shape index (κ2) is 4.11. The van der Waals surface area contributed by atoms with E-state index in [4.69, 9.17) is 11.6 Å². The average Bonchev–Trinajstić information content (AvgIpc) is 2.41. The molecule has 2 heterocycles. The average molecular weight is 213 g/mol. The zero-order valence-corrected chi connectivity index (χ0v) is 8.86. The van der Waals surface area contributed by atoms with Gasteiger partial charge in [0.1, 0.15) is 5.82 Å². The van der Waals surface area contributed by atoms with Crippen molar-refractivity contribution in [2.24, 2.45) is 0 Å². The molecule has 0 saturated heterocycles. The fourth-order valence-corrected chi connectivity index (χ4v) is 1.91. The van der Waals surface area contributed by atoms with Gasteiger partial charge in [0.05, 0.1) is 5.69 Å². The third-order valence-electron chi connectivity index (χ3n) is 2.39. The molecular weight excluding hydrogens is 200 g/mol. The van der Waals surface area contributed by atoms with Crippen LogP contribution in [0.3, 0.4) is 0 Å². The van der Waals surface area contributed by atoms with Gasteiger partial charge in [0, 0.05) is 25.6 Å². The Morgan fingerprint density at radius 1 is 1.29 bits per heavy atom. The van der Waals surface area contributed by atoms with Crippen molar-refractivity contribution in [3.8, 4) is 0 Å². The third kappa shape index (κ3) is 1.81. The highest BCUT2D eigenvalue weighted by Crippen LogP contribution is 2.20. The summed E-state index contributed by atoms with van der Waals surface area (Å²) in [5.74, 6) is 0.865. The molecule has 1 aromatic rings. The van der Waals surface area contributed by atoms with E-state index in [1.165, 1.54) is 5.56 Å². The van der Waals surface area contributed by atoms with E-state index in [9.17, 15) is 0 Å². The van der Waals surface area contributed by atoms with Gasteiger partial charge < -0.3 is 10.6 Å². The van der Waals surface area contributed by atoms with E-state index in [1.54, 1.807) is 0 Å². The molecule has 0 fully saturated rings. The van der Waals surface area contributed by atoms with Crippen molar-refractivity contribution in [2.75, 3.05) is 25.5 Å². The van der Waals surface area contributed by atoms with Crippen LogP contribution < -0.4 is 10.6 Å². The lowest BCUT2D eigenvalue weighted by atomic mass is 10.1. The summed E-state index contributed by atoms with van der Waals surface area (Å²) in [7, 11) is 1.86. The maximum absolute atomic E-state index is 5.83. The summed E-state index contributed by atoms with van der Waals surface area (Å²) in [5, 5.41) is 6.72. The van der Waals surface area contributed by atoms with Crippen molar-refractivity contribution < 1.29 is 0 Å². The van der Waals surface area contributed by atoms with E-state index in [0.717, 1.165) is 37.4 Å². The van der Waals surface area contributed by atoms with Crippen molar-refractivity contribution in [1.29, 1.82) is 0 Å². The van der Waals surface area contributed by atoms with Gasteiger partial charge in [0.25, 0.3) is 0 Å². The smallest absolute Gasteiger partial charge is 0.224 e. The number of hydrogen-bond acceptors (Lipinski definition) is 4. The van der Waals surface area contributed by atoms with Gasteiger partial charge in [0.15, 0.2) is 0 Å². The van der Waals surface area contributed by atoms with Gasteiger partial charge in [-0.05, 0) is 24.6 Å². The van der Waals surface area contributed by atoms with Crippen molar-refractivity contribution in [3.05, 3.63) is 16.5 Å². The molecule has 0 unspecified atom stereocenters. The summed E-state index contributed by atoms with van der Waals surface area (Å²) in [6, 6.07) is 0. The lowest BCUT2D eigenvalue weighted by molar-refractivity contribution is 0.708. The van der Waals surface area contributed by atoms with Crippen LogP contribution in [-0.4, -0.2) is 30.1 Å². The fourth-order valence-electron chi connectivity index (χ4n) is 1.72. The van der Waals surface area contributed by atoms with Gasteiger partial charge in [-0.25, -0.2) is 9.97 Å². The maximum atomic E-state index is 5.83. The number of nitrogens with zero attached hydrogens (tertiary/aromatic N) is 2. The number of anilines is 1. The maximum Gasteiger partial charge on any atom is 0.224 e. The molecule has 0 spiro atoms. The van der Waals surface area contributed by atoms with Crippen LogP contribution >= 0.6 is 11.6 Å². The summed E-state index contributed by atoms with van der Waals surface area (Å²) < 4.78 is 0. The number of halogens is 1. The van der Waals surface area contributed by atoms with Crippen molar-refractivity contribution in [3.63, 3.8) is 0 Å². The monoisotopic (exact) mass is 212 g/mol. The van der Waals surface area contributed by atoms with Crippen LogP contribution in [-0.2, 0) is 12.8 Å². The van der Waals surface area contributed by atoms with Crippen molar-refractivity contribution in [2.45, 2.75) is 12.8 Å². The Morgan fingerprint density at radius 2 is 2.07 bits per heavy atom. The van der Waals surface area contributed by atoms with Crippen LogP contribution in [0.15, 0.2) is 0 Å². The molecule has 1 aliphatic heterocycles. The predicted molar refractivity (Wildman–Crippen MR) is 56.9 cm³/mol. The summed E-state index contributed by atoms with van der Waals surface area (Å²) in [5.41, 5.74) is 2.27. The minimum absolute atomic E-state index is 0.329. The number of rotatable bonds is 1. The highest BCUT2D eigenvalue weighted by atomic mass is 35.5. The second-order valence-electron chi connectivity index (χ2n) is 3.27. The summed E-state index contributed by atoms with van der Waals surface area (Å²) >= 11 is 5.83. The van der Waals surface area contributed by atoms with E-state index >= 15 is 0 Å². The first-order chi connectivity index (χ1) is 6.81. The van der Waals surface area contributed by atoms with Gasteiger partial charge in [0.2, 0.25) is 5.28 Å². The summed E-state index contributed by atoms with van der Waals surface area (Å²) in [6.45, 7) is 1.94. The Labute approximate surface area is 88.1 Å².